The Hall–Kier alpha value is -2.65. The van der Waals surface area contributed by atoms with Crippen molar-refractivity contribution in [1.29, 1.82) is 0 Å². The molecule has 0 saturated carbocycles. The van der Waals surface area contributed by atoms with Crippen LogP contribution in [-0.4, -0.2) is 55.4 Å². The second-order valence-electron chi connectivity index (χ2n) is 12.7. The fourth-order valence-electron chi connectivity index (χ4n) is 5.46. The minimum Gasteiger partial charge on any atom is -0.493 e. The van der Waals surface area contributed by atoms with Crippen LogP contribution < -0.4 is 14.4 Å². The van der Waals surface area contributed by atoms with Gasteiger partial charge in [0, 0.05) is 30.7 Å². The first kappa shape index (κ1) is 28.4. The summed E-state index contributed by atoms with van der Waals surface area (Å²) in [5.74, 6) is 1.42. The zero-order valence-corrected chi connectivity index (χ0v) is 24.6. The smallest absolute Gasteiger partial charge is 0.304 e. The molecule has 0 spiro atoms. The fraction of sp³-hybridized carbons (Fsp3) is 0.586. The van der Waals surface area contributed by atoms with Crippen molar-refractivity contribution < 1.29 is 17.9 Å². The lowest BCUT2D eigenvalue weighted by atomic mass is 9.93. The highest BCUT2D eigenvalue weighted by Gasteiger charge is 2.40. The van der Waals surface area contributed by atoms with E-state index >= 15 is 0 Å². The Labute approximate surface area is 228 Å². The quantitative estimate of drug-likeness (QED) is 0.498. The first-order valence-electron chi connectivity index (χ1n) is 13.5. The van der Waals surface area contributed by atoms with Crippen LogP contribution in [-0.2, 0) is 10.2 Å². The molecule has 3 heterocycles. The number of amides is 1. The molecule has 0 radical (unpaired) electrons. The molecule has 0 aliphatic carbocycles. The lowest BCUT2D eigenvalue weighted by molar-refractivity contribution is 0.0979. The van der Waals surface area contributed by atoms with E-state index in [1.807, 2.05) is 38.1 Å². The summed E-state index contributed by atoms with van der Waals surface area (Å²) in [6.07, 6.45) is 1.70. The number of carbonyl (C=O) groups excluding carboxylic acids is 1. The molecule has 2 fully saturated rings. The van der Waals surface area contributed by atoms with Gasteiger partial charge in [-0.05, 0) is 68.2 Å². The van der Waals surface area contributed by atoms with E-state index in [2.05, 4.69) is 44.2 Å². The van der Waals surface area contributed by atoms with Gasteiger partial charge in [0.05, 0.1) is 17.9 Å². The Morgan fingerprint density at radius 1 is 1.18 bits per heavy atom. The summed E-state index contributed by atoms with van der Waals surface area (Å²) in [6, 6.07) is 11.2. The molecule has 0 unspecified atom stereocenters. The summed E-state index contributed by atoms with van der Waals surface area (Å²) in [6.45, 7) is 16.8. The van der Waals surface area contributed by atoms with Crippen molar-refractivity contribution in [2.24, 2.45) is 17.3 Å². The van der Waals surface area contributed by atoms with E-state index < -0.39 is 16.1 Å². The number of ether oxygens (including phenoxy) is 1. The molecule has 1 aromatic heterocycles. The lowest BCUT2D eigenvalue weighted by Crippen LogP contribution is -2.44. The van der Waals surface area contributed by atoms with Gasteiger partial charge in [0.2, 0.25) is 0 Å². The Bertz CT molecular complexity index is 1290. The first-order chi connectivity index (χ1) is 17.7. The number of carbonyl (C=O) groups is 1. The van der Waals surface area contributed by atoms with E-state index in [-0.39, 0.29) is 16.5 Å². The third-order valence-corrected chi connectivity index (χ3v) is 8.80. The van der Waals surface area contributed by atoms with Gasteiger partial charge in [-0.2, -0.15) is 12.7 Å². The van der Waals surface area contributed by atoms with Crippen molar-refractivity contribution in [2.45, 2.75) is 66.8 Å². The predicted octanol–water partition coefficient (Wildman–Crippen LogP) is 5.11. The van der Waals surface area contributed by atoms with Gasteiger partial charge in [0.1, 0.15) is 11.6 Å². The van der Waals surface area contributed by atoms with Gasteiger partial charge in [-0.3, -0.25) is 4.79 Å². The van der Waals surface area contributed by atoms with Crippen LogP contribution in [0.15, 0.2) is 36.4 Å². The number of hydrogen-bond donors (Lipinski definition) is 1. The number of nitrogens with zero attached hydrogens (tertiary/aromatic N) is 3. The van der Waals surface area contributed by atoms with Crippen LogP contribution in [0.25, 0.3) is 11.3 Å². The molecule has 2 aliphatic rings. The van der Waals surface area contributed by atoms with Gasteiger partial charge in [-0.25, -0.2) is 9.71 Å². The highest BCUT2D eigenvalue weighted by atomic mass is 32.2. The van der Waals surface area contributed by atoms with Crippen LogP contribution in [0.4, 0.5) is 5.82 Å². The molecule has 1 amide bonds. The van der Waals surface area contributed by atoms with E-state index in [0.29, 0.717) is 43.0 Å². The molecule has 0 bridgehead atoms. The molecule has 9 heteroatoms. The average Bonchev–Trinajstić information content (AvgIpc) is 3.34. The monoisotopic (exact) mass is 542 g/mol. The van der Waals surface area contributed by atoms with E-state index in [1.54, 1.807) is 12.1 Å². The molecule has 1 aromatic carbocycles. The molecule has 2 aliphatic heterocycles. The molecular formula is C29H42N4O4S. The van der Waals surface area contributed by atoms with Crippen molar-refractivity contribution in [3.63, 3.8) is 0 Å². The second kappa shape index (κ2) is 10.5. The molecule has 38 heavy (non-hydrogen) atoms. The minimum absolute atomic E-state index is 0.116. The van der Waals surface area contributed by atoms with Crippen molar-refractivity contribution in [2.75, 3.05) is 31.1 Å². The van der Waals surface area contributed by atoms with Crippen LogP contribution in [0.2, 0.25) is 0 Å². The van der Waals surface area contributed by atoms with Gasteiger partial charge in [0.15, 0.2) is 0 Å². The maximum absolute atomic E-state index is 13.5. The SMILES string of the molecule is CC(C)COc1cccc(-c2ccc(C(=O)NS(=O)(=O)N3CCC(C)(C)C3)c(N3C[C@@H](C)CC3(C)C)n2)c1. The van der Waals surface area contributed by atoms with Crippen molar-refractivity contribution in [3.05, 3.63) is 42.0 Å². The summed E-state index contributed by atoms with van der Waals surface area (Å²) in [5.41, 5.74) is 1.47. The summed E-state index contributed by atoms with van der Waals surface area (Å²) >= 11 is 0. The Morgan fingerprint density at radius 2 is 1.92 bits per heavy atom. The third kappa shape index (κ3) is 6.31. The molecule has 1 atom stereocenters. The zero-order chi connectivity index (χ0) is 27.9. The van der Waals surface area contributed by atoms with Gasteiger partial charge in [0.25, 0.3) is 5.91 Å². The summed E-state index contributed by atoms with van der Waals surface area (Å²) < 4.78 is 35.8. The largest absolute Gasteiger partial charge is 0.493 e. The predicted molar refractivity (Wildman–Crippen MR) is 152 cm³/mol. The van der Waals surface area contributed by atoms with E-state index in [0.717, 1.165) is 30.7 Å². The third-order valence-electron chi connectivity index (χ3n) is 7.37. The van der Waals surface area contributed by atoms with Crippen molar-refractivity contribution >= 4 is 21.9 Å². The van der Waals surface area contributed by atoms with Gasteiger partial charge in [-0.15, -0.1) is 0 Å². The summed E-state index contributed by atoms with van der Waals surface area (Å²) in [4.78, 5) is 20.6. The van der Waals surface area contributed by atoms with Gasteiger partial charge >= 0.3 is 10.2 Å². The number of pyridine rings is 1. The van der Waals surface area contributed by atoms with E-state index in [1.165, 1.54) is 4.31 Å². The van der Waals surface area contributed by atoms with Crippen LogP contribution in [0.3, 0.4) is 0 Å². The maximum Gasteiger partial charge on any atom is 0.304 e. The van der Waals surface area contributed by atoms with Crippen LogP contribution in [0.5, 0.6) is 5.75 Å². The molecule has 2 aromatic rings. The number of aromatic nitrogens is 1. The van der Waals surface area contributed by atoms with E-state index in [9.17, 15) is 13.2 Å². The molecule has 1 N–H and O–H groups in total. The Balaban J connectivity index is 1.69. The summed E-state index contributed by atoms with van der Waals surface area (Å²) in [7, 11) is -3.97. The fourth-order valence-corrected chi connectivity index (χ4v) is 6.79. The van der Waals surface area contributed by atoms with Crippen LogP contribution in [0, 0.1) is 17.3 Å². The first-order valence-corrected chi connectivity index (χ1v) is 14.9. The summed E-state index contributed by atoms with van der Waals surface area (Å²) in [5, 5.41) is 0. The second-order valence-corrected chi connectivity index (χ2v) is 14.4. The highest BCUT2D eigenvalue weighted by molar-refractivity contribution is 7.87. The number of rotatable bonds is 8. The Kier molecular flexibility index (Phi) is 7.83. The normalized spacial score (nSPS) is 21.2. The number of anilines is 1. The topological polar surface area (TPSA) is 91.8 Å². The number of nitrogens with one attached hydrogen (secondary N) is 1. The molecule has 2 saturated heterocycles. The maximum atomic E-state index is 13.5. The molecular weight excluding hydrogens is 500 g/mol. The zero-order valence-electron chi connectivity index (χ0n) is 23.7. The molecule has 4 rings (SSSR count). The molecule has 208 valence electrons. The standard InChI is InChI=1S/C29H42N4O4S/c1-20(2)18-37-23-10-8-9-22(15-23)25-12-11-24(26(30-25)33-17-21(3)16-29(33,6)7)27(34)31-38(35,36)32-14-13-28(4,5)19-32/h8-12,15,20-21H,13-14,16-19H2,1-7H3,(H,31,34)/t21-/m0/s1. The van der Waals surface area contributed by atoms with E-state index in [4.69, 9.17) is 9.72 Å². The molecule has 8 nitrogen and oxygen atoms in total. The number of benzene rings is 1. The highest BCUT2D eigenvalue weighted by Crippen LogP contribution is 2.38. The van der Waals surface area contributed by atoms with Gasteiger partial charge in [-0.1, -0.05) is 46.8 Å². The van der Waals surface area contributed by atoms with Crippen molar-refractivity contribution in [3.8, 4) is 17.0 Å². The van der Waals surface area contributed by atoms with Crippen LogP contribution >= 0.6 is 0 Å². The lowest BCUT2D eigenvalue weighted by Gasteiger charge is -2.34. The average molecular weight is 543 g/mol. The van der Waals surface area contributed by atoms with Crippen molar-refractivity contribution in [1.82, 2.24) is 14.0 Å². The number of hydrogen-bond acceptors (Lipinski definition) is 6. The van der Waals surface area contributed by atoms with Crippen LogP contribution in [0.1, 0.15) is 71.7 Å². The minimum atomic E-state index is -3.97. The Morgan fingerprint density at radius 3 is 2.53 bits per heavy atom. The van der Waals surface area contributed by atoms with Gasteiger partial charge < -0.3 is 9.64 Å².